The molecule has 23 heteroatoms. The van der Waals surface area contributed by atoms with Crippen molar-refractivity contribution in [2.45, 2.75) is 36.7 Å². The number of nitrogens with one attached hydrogen (secondary N) is 1. The summed E-state index contributed by atoms with van der Waals surface area (Å²) in [5, 5.41) is 23.0. The van der Waals surface area contributed by atoms with Crippen LogP contribution in [-0.4, -0.2) is 105 Å². The van der Waals surface area contributed by atoms with E-state index in [4.69, 9.17) is 25.8 Å². The molecule has 0 fully saturated rings. The van der Waals surface area contributed by atoms with Crippen molar-refractivity contribution >= 4 is 89.1 Å². The molecule has 0 saturated carbocycles. The molecule has 2 aliphatic rings. The lowest BCUT2D eigenvalue weighted by molar-refractivity contribution is 0.0630. The number of azo groups is 1. The Hall–Kier alpha value is -7.76. The second kappa shape index (κ2) is 19.2. The quantitative estimate of drug-likeness (QED) is 0.0475. The molecule has 8 rings (SSSR count). The predicted octanol–water partition coefficient (Wildman–Crippen LogP) is 7.76. The minimum atomic E-state index is -5.50. The zero-order valence-electron chi connectivity index (χ0n) is 38.2. The fraction of sp³-hybridized carbons (Fsp3) is 0.188. The van der Waals surface area contributed by atoms with Crippen LogP contribution >= 0.6 is 11.6 Å². The van der Waals surface area contributed by atoms with E-state index in [1.165, 1.54) is 98.4 Å². The van der Waals surface area contributed by atoms with Gasteiger partial charge in [-0.05, 0) is 71.6 Å². The summed E-state index contributed by atoms with van der Waals surface area (Å²) in [7, 11) is -5.68. The number of rotatable bonds is 16. The SMILES string of the molecule is CCN(CC)S(=O)(=O)c1ccc(OC)c(N=Nc2c(O)c(C(=O)Nc3cc(Cl)c(OC)cc3OC)cc3c(CN4C(=O)c5ccccc5C4=O)c(S(=O)(=O)O)c(CN4C(=O)c5ccccc5C4=O)cc23)c1. The third-order valence-electron chi connectivity index (χ3n) is 11.9. The molecule has 0 bridgehead atoms. The number of phenolic OH excluding ortho intramolecular Hbond substituents is 1. The van der Waals surface area contributed by atoms with Crippen molar-refractivity contribution in [2.24, 2.45) is 10.2 Å². The Labute approximate surface area is 410 Å². The van der Waals surface area contributed by atoms with Crippen LogP contribution in [0.3, 0.4) is 0 Å². The highest BCUT2D eigenvalue weighted by atomic mass is 35.5. The van der Waals surface area contributed by atoms with E-state index in [1.807, 2.05) is 0 Å². The molecule has 0 unspecified atom stereocenters. The average molecular weight is 1030 g/mol. The first-order chi connectivity index (χ1) is 33.8. The lowest BCUT2D eigenvalue weighted by Crippen LogP contribution is -2.32. The number of carbonyl (C=O) groups excluding carboxylic acids is 5. The number of aromatic hydroxyl groups is 1. The van der Waals surface area contributed by atoms with Crippen LogP contribution in [0.1, 0.15) is 76.8 Å². The van der Waals surface area contributed by atoms with Gasteiger partial charge >= 0.3 is 0 Å². The minimum absolute atomic E-state index is 0.000272. The Morgan fingerprint density at radius 2 is 1.23 bits per heavy atom. The molecular formula is C48H41ClN6O14S2. The number of halogens is 1. The highest BCUT2D eigenvalue weighted by Gasteiger charge is 2.40. The summed E-state index contributed by atoms with van der Waals surface area (Å²) < 4.78 is 83.7. The van der Waals surface area contributed by atoms with Gasteiger partial charge in [-0.15, -0.1) is 10.2 Å². The van der Waals surface area contributed by atoms with Gasteiger partial charge in [0, 0.05) is 30.1 Å². The van der Waals surface area contributed by atoms with E-state index < -0.39 is 95.8 Å². The van der Waals surface area contributed by atoms with Crippen LogP contribution in [0.5, 0.6) is 23.0 Å². The lowest BCUT2D eigenvalue weighted by Gasteiger charge is -2.23. The van der Waals surface area contributed by atoms with Gasteiger partial charge in [-0.25, -0.2) is 8.42 Å². The van der Waals surface area contributed by atoms with Crippen LogP contribution in [0.4, 0.5) is 17.1 Å². The predicted molar refractivity (Wildman–Crippen MR) is 257 cm³/mol. The number of phenols is 1. The van der Waals surface area contributed by atoms with E-state index in [0.29, 0.717) is 4.90 Å². The average Bonchev–Trinajstić information content (AvgIpc) is 3.73. The van der Waals surface area contributed by atoms with E-state index >= 15 is 0 Å². The Bertz CT molecular complexity index is 3480. The first kappa shape index (κ1) is 49.7. The van der Waals surface area contributed by atoms with E-state index in [1.54, 1.807) is 13.8 Å². The minimum Gasteiger partial charge on any atom is -0.505 e. The molecule has 0 radical (unpaired) electrons. The van der Waals surface area contributed by atoms with Crippen molar-refractivity contribution in [1.29, 1.82) is 0 Å². The van der Waals surface area contributed by atoms with Crippen LogP contribution < -0.4 is 19.5 Å². The molecule has 5 amide bonds. The molecule has 366 valence electrons. The van der Waals surface area contributed by atoms with E-state index in [2.05, 4.69) is 15.5 Å². The number of hydrogen-bond donors (Lipinski definition) is 3. The van der Waals surface area contributed by atoms with Crippen molar-refractivity contribution in [1.82, 2.24) is 14.1 Å². The van der Waals surface area contributed by atoms with Gasteiger partial charge < -0.3 is 24.6 Å². The molecule has 6 aromatic carbocycles. The third kappa shape index (κ3) is 8.80. The van der Waals surface area contributed by atoms with Gasteiger partial charge in [-0.1, -0.05) is 49.7 Å². The van der Waals surface area contributed by atoms with Crippen LogP contribution in [0.15, 0.2) is 111 Å². The Balaban J connectivity index is 1.43. The first-order valence-electron chi connectivity index (χ1n) is 21.3. The molecule has 0 atom stereocenters. The van der Waals surface area contributed by atoms with Gasteiger partial charge in [0.05, 0.1) is 77.8 Å². The van der Waals surface area contributed by atoms with Crippen LogP contribution in [0.2, 0.25) is 5.02 Å². The molecule has 0 spiro atoms. The highest BCUT2D eigenvalue weighted by molar-refractivity contribution is 7.89. The monoisotopic (exact) mass is 1020 g/mol. The van der Waals surface area contributed by atoms with E-state index in [9.17, 15) is 50.5 Å². The van der Waals surface area contributed by atoms with Gasteiger partial charge in [-0.2, -0.15) is 12.7 Å². The number of nitrogens with zero attached hydrogens (tertiary/aromatic N) is 5. The fourth-order valence-corrected chi connectivity index (χ4v) is 11.1. The number of imide groups is 2. The number of amides is 5. The van der Waals surface area contributed by atoms with Gasteiger partial charge in [0.15, 0.2) is 5.75 Å². The number of carbonyl (C=O) groups is 5. The van der Waals surface area contributed by atoms with Gasteiger partial charge in [-0.3, -0.25) is 38.3 Å². The summed E-state index contributed by atoms with van der Waals surface area (Å²) in [6.07, 6.45) is 0. The van der Waals surface area contributed by atoms with Crippen molar-refractivity contribution < 1.29 is 64.7 Å². The van der Waals surface area contributed by atoms with Crippen molar-refractivity contribution in [3.05, 3.63) is 135 Å². The maximum Gasteiger partial charge on any atom is 0.295 e. The number of hydrogen-bond acceptors (Lipinski definition) is 15. The molecule has 71 heavy (non-hydrogen) atoms. The number of anilines is 1. The van der Waals surface area contributed by atoms with Gasteiger partial charge in [0.25, 0.3) is 39.7 Å². The zero-order valence-corrected chi connectivity index (χ0v) is 40.6. The van der Waals surface area contributed by atoms with E-state index in [-0.39, 0.29) is 84.7 Å². The summed E-state index contributed by atoms with van der Waals surface area (Å²) in [4.78, 5) is 70.4. The van der Waals surface area contributed by atoms with Crippen LogP contribution in [-0.2, 0) is 33.2 Å². The van der Waals surface area contributed by atoms with E-state index in [0.717, 1.165) is 23.1 Å². The number of ether oxygens (including phenoxy) is 3. The summed E-state index contributed by atoms with van der Waals surface area (Å²) >= 11 is 6.41. The standard InChI is InChI=1S/C48H41ClN6O14S2/c1-6-53(7-2)70(62,63)26-16-17-38(67-3)37(19-26)51-52-41-32-18-25(23-54-45(58)27-12-8-9-13-28(27)46(54)59)43(71(64,65)66)34(24-55-47(60)29-14-10-11-15-30(29)48(55)61)31(32)20-33(42(41)56)44(57)50-36-21-35(49)39(68-4)22-40(36)69-5/h8-22,56H,6-7,23-24H2,1-5H3,(H,50,57)(H,64,65,66). The van der Waals surface area contributed by atoms with Crippen LogP contribution in [0, 0.1) is 0 Å². The topological polar surface area (TPSA) is 268 Å². The molecular weight excluding hydrogens is 984 g/mol. The molecule has 6 aromatic rings. The number of methoxy groups -OCH3 is 3. The number of benzene rings is 6. The molecule has 0 aromatic heterocycles. The summed E-state index contributed by atoms with van der Waals surface area (Å²) in [5.74, 6) is -5.18. The Kier molecular flexibility index (Phi) is 13.4. The Morgan fingerprint density at radius 3 is 1.73 bits per heavy atom. The van der Waals surface area contributed by atoms with Crippen molar-refractivity contribution in [3.8, 4) is 23.0 Å². The zero-order chi connectivity index (χ0) is 51.3. The van der Waals surface area contributed by atoms with Crippen molar-refractivity contribution in [3.63, 3.8) is 0 Å². The molecule has 2 heterocycles. The second-order valence-electron chi connectivity index (χ2n) is 15.8. The fourth-order valence-electron chi connectivity index (χ4n) is 8.46. The summed E-state index contributed by atoms with van der Waals surface area (Å²) in [5.41, 5.74) is -2.53. The lowest BCUT2D eigenvalue weighted by atomic mass is 9.95. The normalized spacial score (nSPS) is 13.7. The van der Waals surface area contributed by atoms with Gasteiger partial charge in [0.2, 0.25) is 10.0 Å². The molecule has 2 aliphatic heterocycles. The maximum atomic E-state index is 14.6. The molecule has 0 saturated heterocycles. The van der Waals surface area contributed by atoms with Crippen LogP contribution in [0.25, 0.3) is 10.8 Å². The summed E-state index contributed by atoms with van der Waals surface area (Å²) in [6.45, 7) is 1.80. The smallest absolute Gasteiger partial charge is 0.295 e. The highest BCUT2D eigenvalue weighted by Crippen LogP contribution is 2.46. The number of sulfonamides is 1. The largest absolute Gasteiger partial charge is 0.505 e. The number of fused-ring (bicyclic) bond motifs is 3. The van der Waals surface area contributed by atoms with Crippen molar-refractivity contribution in [2.75, 3.05) is 39.7 Å². The third-order valence-corrected chi connectivity index (χ3v) is 15.3. The molecule has 20 nitrogen and oxygen atoms in total. The first-order valence-corrected chi connectivity index (χ1v) is 24.6. The van der Waals surface area contributed by atoms with Gasteiger partial charge in [0.1, 0.15) is 33.5 Å². The maximum absolute atomic E-state index is 14.6. The molecule has 3 N–H and O–H groups in total. The second-order valence-corrected chi connectivity index (χ2v) is 19.5. The Morgan fingerprint density at radius 1 is 0.690 bits per heavy atom. The summed E-state index contributed by atoms with van der Waals surface area (Å²) in [6, 6.07) is 20.1. The molecule has 0 aliphatic carbocycles.